The Bertz CT molecular complexity index is 491. The van der Waals surface area contributed by atoms with Gasteiger partial charge >= 0.3 is 0 Å². The molecular weight excluding hydrogens is 367 g/mol. The molecular formula is C16H28Cl2N4O3. The molecule has 1 unspecified atom stereocenters. The van der Waals surface area contributed by atoms with Crippen molar-refractivity contribution in [2.45, 2.75) is 19.6 Å². The predicted octanol–water partition coefficient (Wildman–Crippen LogP) is 1.00. The van der Waals surface area contributed by atoms with Crippen LogP contribution < -0.4 is 15.5 Å². The van der Waals surface area contributed by atoms with E-state index in [2.05, 4.69) is 27.4 Å². The molecule has 9 heteroatoms. The summed E-state index contributed by atoms with van der Waals surface area (Å²) in [6.45, 7) is 6.55. The third kappa shape index (κ3) is 8.69. The van der Waals surface area contributed by atoms with Crippen molar-refractivity contribution in [3.63, 3.8) is 0 Å². The van der Waals surface area contributed by atoms with E-state index in [0.29, 0.717) is 26.2 Å². The Balaban J connectivity index is 0.00000288. The summed E-state index contributed by atoms with van der Waals surface area (Å²) >= 11 is 0. The molecule has 1 saturated heterocycles. The van der Waals surface area contributed by atoms with E-state index < -0.39 is 0 Å². The molecule has 1 atom stereocenters. The highest BCUT2D eigenvalue weighted by atomic mass is 35.5. The summed E-state index contributed by atoms with van der Waals surface area (Å²) in [6.07, 6.45) is 2.05. The number of hydrogen-bond acceptors (Lipinski definition) is 6. The van der Waals surface area contributed by atoms with Gasteiger partial charge in [0.2, 0.25) is 5.91 Å². The average Bonchev–Trinajstić information content (AvgIpc) is 2.57. The summed E-state index contributed by atoms with van der Waals surface area (Å²) in [7, 11) is 1.63. The number of carbonyl (C=O) groups is 1. The Morgan fingerprint density at radius 2 is 2.24 bits per heavy atom. The third-order valence-electron chi connectivity index (χ3n) is 3.63. The number of hydrogen-bond donors (Lipinski definition) is 2. The Hall–Kier alpha value is -1.12. The molecule has 1 aliphatic heterocycles. The van der Waals surface area contributed by atoms with E-state index in [-0.39, 0.29) is 36.8 Å². The van der Waals surface area contributed by atoms with E-state index in [9.17, 15) is 4.79 Å². The molecule has 2 heterocycles. The van der Waals surface area contributed by atoms with Crippen LogP contribution in [0.2, 0.25) is 0 Å². The van der Waals surface area contributed by atoms with Gasteiger partial charge in [0.1, 0.15) is 5.82 Å². The van der Waals surface area contributed by atoms with Crippen molar-refractivity contribution in [2.24, 2.45) is 0 Å². The molecule has 1 aromatic rings. The van der Waals surface area contributed by atoms with Crippen molar-refractivity contribution in [1.82, 2.24) is 15.6 Å². The fraction of sp³-hybridized carbons (Fsp3) is 0.625. The van der Waals surface area contributed by atoms with Gasteiger partial charge in [0.25, 0.3) is 0 Å². The van der Waals surface area contributed by atoms with E-state index in [1.165, 1.54) is 0 Å². The van der Waals surface area contributed by atoms with Gasteiger partial charge in [-0.05, 0) is 18.6 Å². The van der Waals surface area contributed by atoms with Crippen LogP contribution in [0.25, 0.3) is 0 Å². The van der Waals surface area contributed by atoms with Crippen molar-refractivity contribution in [3.05, 3.63) is 23.9 Å². The lowest BCUT2D eigenvalue weighted by atomic mass is 10.2. The first-order valence-electron chi connectivity index (χ1n) is 7.97. The summed E-state index contributed by atoms with van der Waals surface area (Å²) < 4.78 is 10.4. The molecule has 0 bridgehead atoms. The molecule has 0 aromatic carbocycles. The van der Waals surface area contributed by atoms with E-state index in [0.717, 1.165) is 31.1 Å². The minimum Gasteiger partial charge on any atom is -0.383 e. The van der Waals surface area contributed by atoms with Crippen LogP contribution in [0.1, 0.15) is 12.5 Å². The number of nitrogens with zero attached hydrogens (tertiary/aromatic N) is 2. The molecule has 7 nitrogen and oxygen atoms in total. The zero-order valence-corrected chi connectivity index (χ0v) is 16.3. The van der Waals surface area contributed by atoms with Crippen molar-refractivity contribution < 1.29 is 14.3 Å². The molecule has 144 valence electrons. The highest BCUT2D eigenvalue weighted by Crippen LogP contribution is 2.15. The van der Waals surface area contributed by atoms with Crippen LogP contribution in [0.4, 0.5) is 5.82 Å². The normalized spacial score (nSPS) is 16.6. The molecule has 2 rings (SSSR count). The van der Waals surface area contributed by atoms with Crippen molar-refractivity contribution in [1.29, 1.82) is 0 Å². The molecule has 25 heavy (non-hydrogen) atoms. The van der Waals surface area contributed by atoms with Gasteiger partial charge in [0, 0.05) is 39.5 Å². The number of carbonyl (C=O) groups excluding carboxylic acids is 1. The first-order chi connectivity index (χ1) is 11.2. The number of ether oxygens (including phenoxy) is 2. The summed E-state index contributed by atoms with van der Waals surface area (Å²) in [5.74, 6) is 0.920. The largest absolute Gasteiger partial charge is 0.383 e. The zero-order valence-electron chi connectivity index (χ0n) is 14.7. The van der Waals surface area contributed by atoms with Gasteiger partial charge in [-0.2, -0.15) is 0 Å². The maximum atomic E-state index is 11.7. The van der Waals surface area contributed by atoms with Crippen molar-refractivity contribution >= 4 is 36.5 Å². The molecule has 1 aliphatic rings. The van der Waals surface area contributed by atoms with E-state index >= 15 is 0 Å². The van der Waals surface area contributed by atoms with Crippen LogP contribution in [0.15, 0.2) is 18.3 Å². The van der Waals surface area contributed by atoms with Gasteiger partial charge in [-0.15, -0.1) is 24.8 Å². The summed E-state index contributed by atoms with van der Waals surface area (Å²) in [4.78, 5) is 18.4. The zero-order chi connectivity index (χ0) is 16.5. The second-order valence-electron chi connectivity index (χ2n) is 5.60. The van der Waals surface area contributed by atoms with Crippen molar-refractivity contribution in [3.8, 4) is 0 Å². The van der Waals surface area contributed by atoms with E-state index in [4.69, 9.17) is 9.47 Å². The second-order valence-corrected chi connectivity index (χ2v) is 5.60. The minimum atomic E-state index is -0.0350. The first kappa shape index (κ1) is 23.9. The molecule has 0 aliphatic carbocycles. The second kappa shape index (κ2) is 13.1. The van der Waals surface area contributed by atoms with Crippen LogP contribution in [-0.4, -0.2) is 63.5 Å². The number of methoxy groups -OCH3 is 1. The van der Waals surface area contributed by atoms with Gasteiger partial charge < -0.3 is 25.0 Å². The maximum Gasteiger partial charge on any atom is 0.234 e. The molecule has 1 aromatic heterocycles. The van der Waals surface area contributed by atoms with Crippen LogP contribution in [0.5, 0.6) is 0 Å². The number of amides is 1. The number of pyridine rings is 1. The molecule has 0 radical (unpaired) electrons. The Kier molecular flexibility index (Phi) is 12.5. The van der Waals surface area contributed by atoms with Gasteiger partial charge in [-0.1, -0.05) is 6.07 Å². The molecule has 0 saturated carbocycles. The Morgan fingerprint density at radius 1 is 1.44 bits per heavy atom. The number of aromatic nitrogens is 1. The Labute approximate surface area is 161 Å². The minimum absolute atomic E-state index is 0. The summed E-state index contributed by atoms with van der Waals surface area (Å²) in [6, 6.07) is 4.00. The lowest BCUT2D eigenvalue weighted by Crippen LogP contribution is -2.41. The van der Waals surface area contributed by atoms with E-state index in [1.54, 1.807) is 7.11 Å². The molecule has 0 spiro atoms. The number of rotatable bonds is 8. The van der Waals surface area contributed by atoms with Gasteiger partial charge in [-0.3, -0.25) is 4.79 Å². The monoisotopic (exact) mass is 394 g/mol. The Morgan fingerprint density at radius 3 is 2.88 bits per heavy atom. The predicted molar refractivity (Wildman–Crippen MR) is 103 cm³/mol. The highest BCUT2D eigenvalue weighted by Gasteiger charge is 2.17. The number of nitrogens with one attached hydrogen (secondary N) is 2. The smallest absolute Gasteiger partial charge is 0.234 e. The van der Waals surface area contributed by atoms with Crippen LogP contribution >= 0.6 is 24.8 Å². The van der Waals surface area contributed by atoms with Gasteiger partial charge in [0.05, 0.1) is 25.9 Å². The number of anilines is 1. The number of halogens is 2. The lowest BCUT2D eigenvalue weighted by molar-refractivity contribution is -0.120. The first-order valence-corrected chi connectivity index (χ1v) is 7.97. The molecule has 1 amide bonds. The third-order valence-corrected chi connectivity index (χ3v) is 3.63. The van der Waals surface area contributed by atoms with Crippen molar-refractivity contribution in [2.75, 3.05) is 51.4 Å². The van der Waals surface area contributed by atoms with Crippen LogP contribution in [0.3, 0.4) is 0 Å². The topological polar surface area (TPSA) is 75.7 Å². The molecule has 1 fully saturated rings. The quantitative estimate of drug-likeness (QED) is 0.640. The van der Waals surface area contributed by atoms with E-state index in [1.807, 2.05) is 18.3 Å². The SMILES string of the molecule is COCCNCC(=O)NCc1ccc(N2CCOC(C)C2)nc1.Cl.Cl. The van der Waals surface area contributed by atoms with Crippen LogP contribution in [0, 0.1) is 0 Å². The standard InChI is InChI=1S/C16H26N4O3.2ClH/c1-13-12-20(6-8-23-13)15-4-3-14(9-18-15)10-19-16(21)11-17-5-7-22-2;;/h3-4,9,13,17H,5-8,10-12H2,1-2H3,(H,19,21);2*1H. The molecule has 2 N–H and O–H groups in total. The average molecular weight is 395 g/mol. The van der Waals surface area contributed by atoms with Crippen LogP contribution in [-0.2, 0) is 20.8 Å². The van der Waals surface area contributed by atoms with Gasteiger partial charge in [-0.25, -0.2) is 4.98 Å². The lowest BCUT2D eigenvalue weighted by Gasteiger charge is -2.32. The summed E-state index contributed by atoms with van der Waals surface area (Å²) in [5, 5.41) is 5.87. The summed E-state index contributed by atoms with van der Waals surface area (Å²) in [5.41, 5.74) is 0.986. The number of morpholine rings is 1. The van der Waals surface area contributed by atoms with Gasteiger partial charge in [0.15, 0.2) is 0 Å². The fourth-order valence-corrected chi connectivity index (χ4v) is 2.37. The fourth-order valence-electron chi connectivity index (χ4n) is 2.37. The maximum absolute atomic E-state index is 11.7. The highest BCUT2D eigenvalue weighted by molar-refractivity contribution is 5.85.